The molecule has 0 aromatic heterocycles. The minimum absolute atomic E-state index is 0.221. The Morgan fingerprint density at radius 2 is 1.88 bits per heavy atom. The van der Waals surface area contributed by atoms with Crippen molar-refractivity contribution in [3.63, 3.8) is 0 Å². The Kier molecular flexibility index (Phi) is 3.95. The predicted octanol–water partition coefficient (Wildman–Crippen LogP) is 2.94. The van der Waals surface area contributed by atoms with E-state index in [2.05, 4.69) is 0 Å². The van der Waals surface area contributed by atoms with E-state index in [1.165, 1.54) is 0 Å². The Morgan fingerprint density at radius 1 is 1.24 bits per heavy atom. The predicted molar refractivity (Wildman–Crippen MR) is 70.0 cm³/mol. The van der Waals surface area contributed by atoms with E-state index in [9.17, 15) is 4.79 Å². The van der Waals surface area contributed by atoms with Gasteiger partial charge in [-0.2, -0.15) is 0 Å². The molecule has 0 bridgehead atoms. The topological polar surface area (TPSA) is 43.1 Å². The van der Waals surface area contributed by atoms with Gasteiger partial charge in [-0.25, -0.2) is 0 Å². The first-order chi connectivity index (χ1) is 8.22. The second-order valence-corrected chi connectivity index (χ2v) is 5.13. The number of ketones is 1. The van der Waals surface area contributed by atoms with Crippen LogP contribution in [-0.2, 0) is 0 Å². The van der Waals surface area contributed by atoms with Crippen LogP contribution in [0, 0.1) is 18.8 Å². The third-order valence-corrected chi connectivity index (χ3v) is 3.96. The highest BCUT2D eigenvalue weighted by Crippen LogP contribution is 2.31. The van der Waals surface area contributed by atoms with Gasteiger partial charge in [-0.1, -0.05) is 24.3 Å². The SMILES string of the molecule is Cc1ccccc1C(=O)C1CCC(CN)CC1. The lowest BCUT2D eigenvalue weighted by atomic mass is 9.78. The molecule has 1 aliphatic carbocycles. The van der Waals surface area contributed by atoms with Crippen molar-refractivity contribution in [1.29, 1.82) is 0 Å². The summed E-state index contributed by atoms with van der Waals surface area (Å²) in [5, 5.41) is 0. The first-order valence-electron chi connectivity index (χ1n) is 6.52. The van der Waals surface area contributed by atoms with Crippen LogP contribution in [0.1, 0.15) is 41.6 Å². The van der Waals surface area contributed by atoms with Gasteiger partial charge in [0.2, 0.25) is 0 Å². The molecular formula is C15H21NO. The van der Waals surface area contributed by atoms with Gasteiger partial charge in [0.1, 0.15) is 0 Å². The third-order valence-electron chi connectivity index (χ3n) is 3.96. The molecule has 0 saturated heterocycles. The van der Waals surface area contributed by atoms with Crippen molar-refractivity contribution in [3.8, 4) is 0 Å². The first kappa shape index (κ1) is 12.3. The van der Waals surface area contributed by atoms with E-state index >= 15 is 0 Å². The summed E-state index contributed by atoms with van der Waals surface area (Å²) in [6.45, 7) is 2.78. The molecule has 0 heterocycles. The summed E-state index contributed by atoms with van der Waals surface area (Å²) in [6.07, 6.45) is 4.24. The maximum absolute atomic E-state index is 12.4. The van der Waals surface area contributed by atoms with E-state index in [0.717, 1.165) is 43.4 Å². The van der Waals surface area contributed by atoms with Gasteiger partial charge in [-0.05, 0) is 50.6 Å². The van der Waals surface area contributed by atoms with Gasteiger partial charge in [-0.15, -0.1) is 0 Å². The van der Waals surface area contributed by atoms with E-state index in [0.29, 0.717) is 11.7 Å². The first-order valence-corrected chi connectivity index (χ1v) is 6.52. The van der Waals surface area contributed by atoms with Crippen LogP contribution >= 0.6 is 0 Å². The number of hydrogen-bond donors (Lipinski definition) is 1. The van der Waals surface area contributed by atoms with E-state index in [4.69, 9.17) is 5.73 Å². The highest BCUT2D eigenvalue weighted by atomic mass is 16.1. The van der Waals surface area contributed by atoms with Crippen molar-refractivity contribution in [1.82, 2.24) is 0 Å². The number of rotatable bonds is 3. The van der Waals surface area contributed by atoms with Gasteiger partial charge in [0.15, 0.2) is 5.78 Å². The zero-order valence-electron chi connectivity index (χ0n) is 10.5. The van der Waals surface area contributed by atoms with E-state index in [1.54, 1.807) is 0 Å². The summed E-state index contributed by atoms with van der Waals surface area (Å²) in [6, 6.07) is 7.90. The highest BCUT2D eigenvalue weighted by Gasteiger charge is 2.26. The van der Waals surface area contributed by atoms with Gasteiger partial charge in [0.25, 0.3) is 0 Å². The van der Waals surface area contributed by atoms with E-state index in [1.807, 2.05) is 31.2 Å². The standard InChI is InChI=1S/C15H21NO/c1-11-4-2-3-5-14(11)15(17)13-8-6-12(10-16)7-9-13/h2-5,12-13H,6-10,16H2,1H3. The maximum atomic E-state index is 12.4. The molecule has 2 N–H and O–H groups in total. The van der Waals surface area contributed by atoms with Crippen molar-refractivity contribution in [2.75, 3.05) is 6.54 Å². The minimum Gasteiger partial charge on any atom is -0.330 e. The molecular weight excluding hydrogens is 210 g/mol. The van der Waals surface area contributed by atoms with Crippen molar-refractivity contribution in [3.05, 3.63) is 35.4 Å². The van der Waals surface area contributed by atoms with Crippen molar-refractivity contribution in [2.45, 2.75) is 32.6 Å². The van der Waals surface area contributed by atoms with Crippen LogP contribution in [0.4, 0.5) is 0 Å². The Balaban J connectivity index is 2.04. The number of carbonyl (C=O) groups is 1. The van der Waals surface area contributed by atoms with Crippen LogP contribution in [0.3, 0.4) is 0 Å². The molecule has 92 valence electrons. The molecule has 2 heteroatoms. The molecule has 1 aromatic carbocycles. The van der Waals surface area contributed by atoms with E-state index in [-0.39, 0.29) is 5.92 Å². The molecule has 0 unspecified atom stereocenters. The van der Waals surface area contributed by atoms with Gasteiger partial charge >= 0.3 is 0 Å². The zero-order chi connectivity index (χ0) is 12.3. The largest absolute Gasteiger partial charge is 0.330 e. The second-order valence-electron chi connectivity index (χ2n) is 5.13. The van der Waals surface area contributed by atoms with Crippen LogP contribution < -0.4 is 5.73 Å². The quantitative estimate of drug-likeness (QED) is 0.813. The number of nitrogens with two attached hydrogens (primary N) is 1. The maximum Gasteiger partial charge on any atom is 0.166 e. The Bertz CT molecular complexity index is 392. The Morgan fingerprint density at radius 3 is 2.47 bits per heavy atom. The summed E-state index contributed by atoms with van der Waals surface area (Å²) >= 11 is 0. The summed E-state index contributed by atoms with van der Waals surface area (Å²) in [7, 11) is 0. The molecule has 0 radical (unpaired) electrons. The molecule has 0 aliphatic heterocycles. The summed E-state index contributed by atoms with van der Waals surface area (Å²) in [5.41, 5.74) is 7.68. The normalized spacial score (nSPS) is 24.6. The molecule has 0 spiro atoms. The second kappa shape index (κ2) is 5.46. The van der Waals surface area contributed by atoms with Crippen LogP contribution in [-0.4, -0.2) is 12.3 Å². The molecule has 1 aromatic rings. The van der Waals surface area contributed by atoms with E-state index < -0.39 is 0 Å². The number of Topliss-reactive ketones (excluding diaryl/α,β-unsaturated/α-hetero) is 1. The molecule has 2 nitrogen and oxygen atoms in total. The fraction of sp³-hybridized carbons (Fsp3) is 0.533. The number of hydrogen-bond acceptors (Lipinski definition) is 2. The van der Waals surface area contributed by atoms with Crippen LogP contribution in [0.25, 0.3) is 0 Å². The average Bonchev–Trinajstić information content (AvgIpc) is 2.39. The number of carbonyl (C=O) groups excluding carboxylic acids is 1. The summed E-state index contributed by atoms with van der Waals surface area (Å²) in [5.74, 6) is 1.19. The fourth-order valence-electron chi connectivity index (χ4n) is 2.73. The molecule has 1 aliphatic rings. The number of aryl methyl sites for hydroxylation is 1. The van der Waals surface area contributed by atoms with Gasteiger partial charge in [0.05, 0.1) is 0 Å². The van der Waals surface area contributed by atoms with Gasteiger partial charge < -0.3 is 5.73 Å². The van der Waals surface area contributed by atoms with Crippen molar-refractivity contribution < 1.29 is 4.79 Å². The average molecular weight is 231 g/mol. The Hall–Kier alpha value is -1.15. The summed E-state index contributed by atoms with van der Waals surface area (Å²) < 4.78 is 0. The third kappa shape index (κ3) is 2.75. The lowest BCUT2D eigenvalue weighted by Crippen LogP contribution is -2.26. The molecule has 17 heavy (non-hydrogen) atoms. The fourth-order valence-corrected chi connectivity index (χ4v) is 2.73. The number of benzene rings is 1. The van der Waals surface area contributed by atoms with Gasteiger partial charge in [0, 0.05) is 11.5 Å². The zero-order valence-corrected chi connectivity index (χ0v) is 10.5. The van der Waals surface area contributed by atoms with Crippen LogP contribution in [0.5, 0.6) is 0 Å². The van der Waals surface area contributed by atoms with Crippen molar-refractivity contribution in [2.24, 2.45) is 17.6 Å². The smallest absolute Gasteiger partial charge is 0.166 e. The van der Waals surface area contributed by atoms with Crippen molar-refractivity contribution >= 4 is 5.78 Å². The molecule has 1 fully saturated rings. The highest BCUT2D eigenvalue weighted by molar-refractivity contribution is 5.99. The lowest BCUT2D eigenvalue weighted by Gasteiger charge is -2.27. The summed E-state index contributed by atoms with van der Waals surface area (Å²) in [4.78, 5) is 12.4. The van der Waals surface area contributed by atoms with Gasteiger partial charge in [-0.3, -0.25) is 4.79 Å². The Labute approximate surface area is 103 Å². The van der Waals surface area contributed by atoms with Crippen LogP contribution in [0.2, 0.25) is 0 Å². The molecule has 0 amide bonds. The minimum atomic E-state index is 0.221. The monoisotopic (exact) mass is 231 g/mol. The molecule has 2 rings (SSSR count). The lowest BCUT2D eigenvalue weighted by molar-refractivity contribution is 0.0873. The molecule has 0 atom stereocenters. The molecule has 1 saturated carbocycles. The van der Waals surface area contributed by atoms with Crippen LogP contribution in [0.15, 0.2) is 24.3 Å².